The molecule has 1 aliphatic heterocycles. The maximum absolute atomic E-state index is 13.1. The molecule has 0 aliphatic carbocycles. The summed E-state index contributed by atoms with van der Waals surface area (Å²) in [5.74, 6) is 0.980. The Morgan fingerprint density at radius 3 is 2.59 bits per heavy atom. The van der Waals surface area contributed by atoms with Crippen molar-refractivity contribution in [2.75, 3.05) is 19.1 Å². The molecule has 4 heteroatoms. The monoisotopic (exact) mass is 297 g/mol. The number of rotatable bonds is 3. The molecular weight excluding hydrogens is 278 g/mol. The minimum atomic E-state index is -0.0619. The highest BCUT2D eigenvalue weighted by Crippen LogP contribution is 2.37. The van der Waals surface area contributed by atoms with Crippen molar-refractivity contribution in [3.05, 3.63) is 53.6 Å². The minimum absolute atomic E-state index is 0.0619. The lowest BCUT2D eigenvalue weighted by Gasteiger charge is -2.24. The number of benzene rings is 2. The molecule has 1 aliphatic rings. The van der Waals surface area contributed by atoms with Gasteiger partial charge in [0.25, 0.3) is 5.91 Å². The Balaban J connectivity index is 2.05. The number of hydrogen-bond acceptors (Lipinski definition) is 3. The SMILES string of the molecule is COc1cccc(C(=O)N2c3ccccc3CC2C)c1OC. The van der Waals surface area contributed by atoms with Crippen molar-refractivity contribution >= 4 is 11.6 Å². The second-order valence-electron chi connectivity index (χ2n) is 5.40. The molecule has 1 heterocycles. The fourth-order valence-electron chi connectivity index (χ4n) is 3.06. The molecule has 0 spiro atoms. The van der Waals surface area contributed by atoms with Gasteiger partial charge in [0.05, 0.1) is 19.8 Å². The van der Waals surface area contributed by atoms with Crippen LogP contribution in [-0.4, -0.2) is 26.2 Å². The first kappa shape index (κ1) is 14.4. The van der Waals surface area contributed by atoms with Crippen LogP contribution in [0.5, 0.6) is 11.5 Å². The second kappa shape index (κ2) is 5.72. The van der Waals surface area contributed by atoms with Gasteiger partial charge in [-0.05, 0) is 37.1 Å². The molecule has 4 nitrogen and oxygen atoms in total. The number of nitrogens with zero attached hydrogens (tertiary/aromatic N) is 1. The summed E-state index contributed by atoms with van der Waals surface area (Å²) in [6.07, 6.45) is 0.869. The maximum Gasteiger partial charge on any atom is 0.262 e. The normalized spacial score (nSPS) is 16.3. The van der Waals surface area contributed by atoms with Crippen LogP contribution in [0.4, 0.5) is 5.69 Å². The Labute approximate surface area is 130 Å². The first-order valence-corrected chi connectivity index (χ1v) is 7.29. The second-order valence-corrected chi connectivity index (χ2v) is 5.40. The van der Waals surface area contributed by atoms with Crippen LogP contribution in [0.2, 0.25) is 0 Å². The highest BCUT2D eigenvalue weighted by atomic mass is 16.5. The summed E-state index contributed by atoms with van der Waals surface area (Å²) in [5.41, 5.74) is 2.69. The fourth-order valence-corrected chi connectivity index (χ4v) is 3.06. The van der Waals surface area contributed by atoms with Crippen molar-refractivity contribution in [3.63, 3.8) is 0 Å². The molecule has 0 saturated heterocycles. The largest absolute Gasteiger partial charge is 0.493 e. The molecule has 0 aromatic heterocycles. The Kier molecular flexibility index (Phi) is 3.75. The van der Waals surface area contributed by atoms with E-state index in [0.29, 0.717) is 17.1 Å². The van der Waals surface area contributed by atoms with Crippen molar-refractivity contribution in [2.24, 2.45) is 0 Å². The summed E-state index contributed by atoms with van der Waals surface area (Å²) in [4.78, 5) is 14.9. The molecule has 1 amide bonds. The van der Waals surface area contributed by atoms with Gasteiger partial charge in [-0.25, -0.2) is 0 Å². The van der Waals surface area contributed by atoms with E-state index in [9.17, 15) is 4.79 Å². The molecule has 3 rings (SSSR count). The number of amides is 1. The van der Waals surface area contributed by atoms with E-state index in [4.69, 9.17) is 9.47 Å². The zero-order valence-electron chi connectivity index (χ0n) is 13.0. The average molecular weight is 297 g/mol. The van der Waals surface area contributed by atoms with Gasteiger partial charge in [0, 0.05) is 11.7 Å². The first-order chi connectivity index (χ1) is 10.7. The van der Waals surface area contributed by atoms with Crippen molar-refractivity contribution in [1.82, 2.24) is 0 Å². The van der Waals surface area contributed by atoms with Crippen LogP contribution in [0.3, 0.4) is 0 Å². The summed E-state index contributed by atoms with van der Waals surface area (Å²) < 4.78 is 10.7. The molecule has 0 radical (unpaired) electrons. The summed E-state index contributed by atoms with van der Waals surface area (Å²) in [6, 6.07) is 13.5. The zero-order valence-corrected chi connectivity index (χ0v) is 13.0. The first-order valence-electron chi connectivity index (χ1n) is 7.29. The fraction of sp³-hybridized carbons (Fsp3) is 0.278. The van der Waals surface area contributed by atoms with Gasteiger partial charge in [-0.2, -0.15) is 0 Å². The Hall–Kier alpha value is -2.49. The van der Waals surface area contributed by atoms with E-state index in [-0.39, 0.29) is 11.9 Å². The number of carbonyl (C=O) groups excluding carboxylic acids is 1. The number of fused-ring (bicyclic) bond motifs is 1. The molecule has 22 heavy (non-hydrogen) atoms. The van der Waals surface area contributed by atoms with Crippen molar-refractivity contribution in [3.8, 4) is 11.5 Å². The van der Waals surface area contributed by atoms with E-state index in [1.54, 1.807) is 32.4 Å². The van der Waals surface area contributed by atoms with Gasteiger partial charge in [-0.3, -0.25) is 4.79 Å². The third kappa shape index (κ3) is 2.21. The molecule has 0 bridgehead atoms. The minimum Gasteiger partial charge on any atom is -0.493 e. The molecule has 0 N–H and O–H groups in total. The van der Waals surface area contributed by atoms with E-state index in [1.807, 2.05) is 23.1 Å². The van der Waals surface area contributed by atoms with Crippen molar-refractivity contribution in [2.45, 2.75) is 19.4 Å². The van der Waals surface area contributed by atoms with Crippen molar-refractivity contribution in [1.29, 1.82) is 0 Å². The topological polar surface area (TPSA) is 38.8 Å². The number of anilines is 1. The number of ether oxygens (including phenoxy) is 2. The average Bonchev–Trinajstić information content (AvgIpc) is 2.89. The Bertz CT molecular complexity index is 711. The van der Waals surface area contributed by atoms with Gasteiger partial charge in [-0.1, -0.05) is 24.3 Å². The predicted molar refractivity (Wildman–Crippen MR) is 86.0 cm³/mol. The maximum atomic E-state index is 13.1. The molecule has 2 aromatic carbocycles. The van der Waals surface area contributed by atoms with Gasteiger partial charge in [0.2, 0.25) is 0 Å². The van der Waals surface area contributed by atoms with Crippen LogP contribution in [0.25, 0.3) is 0 Å². The number of carbonyl (C=O) groups is 1. The Morgan fingerprint density at radius 1 is 1.09 bits per heavy atom. The molecule has 114 valence electrons. The quantitative estimate of drug-likeness (QED) is 0.872. The smallest absolute Gasteiger partial charge is 0.262 e. The van der Waals surface area contributed by atoms with E-state index in [2.05, 4.69) is 13.0 Å². The molecule has 0 saturated carbocycles. The van der Waals surface area contributed by atoms with E-state index >= 15 is 0 Å². The van der Waals surface area contributed by atoms with Crippen LogP contribution in [0, 0.1) is 0 Å². The predicted octanol–water partition coefficient (Wildman–Crippen LogP) is 3.30. The standard InChI is InChI=1S/C18H19NO3/c1-12-11-13-7-4-5-9-15(13)19(12)18(20)14-8-6-10-16(21-2)17(14)22-3/h4-10,12H,11H2,1-3H3. The lowest BCUT2D eigenvalue weighted by atomic mass is 10.1. The van der Waals surface area contributed by atoms with Crippen LogP contribution < -0.4 is 14.4 Å². The van der Waals surface area contributed by atoms with Gasteiger partial charge < -0.3 is 14.4 Å². The van der Waals surface area contributed by atoms with Crippen LogP contribution in [0.1, 0.15) is 22.8 Å². The van der Waals surface area contributed by atoms with Gasteiger partial charge in [-0.15, -0.1) is 0 Å². The molecular formula is C18H19NO3. The number of methoxy groups -OCH3 is 2. The Morgan fingerprint density at radius 2 is 1.86 bits per heavy atom. The van der Waals surface area contributed by atoms with E-state index < -0.39 is 0 Å². The molecule has 2 aromatic rings. The summed E-state index contributed by atoms with van der Waals surface area (Å²) in [7, 11) is 3.12. The van der Waals surface area contributed by atoms with E-state index in [1.165, 1.54) is 5.56 Å². The van der Waals surface area contributed by atoms with Crippen LogP contribution >= 0.6 is 0 Å². The number of para-hydroxylation sites is 2. The third-order valence-electron chi connectivity index (χ3n) is 4.06. The highest BCUT2D eigenvalue weighted by Gasteiger charge is 2.33. The lowest BCUT2D eigenvalue weighted by Crippen LogP contribution is -2.35. The third-order valence-corrected chi connectivity index (χ3v) is 4.06. The summed E-state index contributed by atoms with van der Waals surface area (Å²) >= 11 is 0. The van der Waals surface area contributed by atoms with Gasteiger partial charge >= 0.3 is 0 Å². The summed E-state index contributed by atoms with van der Waals surface area (Å²) in [6.45, 7) is 2.06. The lowest BCUT2D eigenvalue weighted by molar-refractivity contribution is 0.0978. The molecule has 1 unspecified atom stereocenters. The van der Waals surface area contributed by atoms with Gasteiger partial charge in [0.15, 0.2) is 11.5 Å². The summed E-state index contributed by atoms with van der Waals surface area (Å²) in [5, 5.41) is 0. The highest BCUT2D eigenvalue weighted by molar-refractivity contribution is 6.09. The van der Waals surface area contributed by atoms with Crippen molar-refractivity contribution < 1.29 is 14.3 Å². The molecule has 0 fully saturated rings. The number of hydrogen-bond donors (Lipinski definition) is 0. The van der Waals surface area contributed by atoms with Gasteiger partial charge in [0.1, 0.15) is 0 Å². The molecule has 1 atom stereocenters. The zero-order chi connectivity index (χ0) is 15.7. The van der Waals surface area contributed by atoms with Crippen LogP contribution in [0.15, 0.2) is 42.5 Å². The van der Waals surface area contributed by atoms with Crippen LogP contribution in [-0.2, 0) is 6.42 Å². The van der Waals surface area contributed by atoms with E-state index in [0.717, 1.165) is 12.1 Å².